The highest BCUT2D eigenvalue weighted by Gasteiger charge is 2.25. The summed E-state index contributed by atoms with van der Waals surface area (Å²) in [4.78, 5) is 21.2. The summed E-state index contributed by atoms with van der Waals surface area (Å²) in [5.41, 5.74) is 12.7. The molecule has 0 aliphatic heterocycles. The lowest BCUT2D eigenvalue weighted by Crippen LogP contribution is -2.06. The van der Waals surface area contributed by atoms with E-state index in [1.54, 1.807) is 0 Å². The Bertz CT molecular complexity index is 2910. The molecule has 0 aliphatic rings. The molecule has 7 aromatic carbocycles. The predicted molar refractivity (Wildman–Crippen MR) is 234 cm³/mol. The van der Waals surface area contributed by atoms with Crippen molar-refractivity contribution in [2.24, 2.45) is 0 Å². The van der Waals surface area contributed by atoms with Gasteiger partial charge < -0.3 is 4.57 Å². The van der Waals surface area contributed by atoms with E-state index in [2.05, 4.69) is 109 Å². The van der Waals surface area contributed by atoms with Crippen LogP contribution in [0.4, 0.5) is 0 Å². The van der Waals surface area contributed by atoms with Gasteiger partial charge in [-0.05, 0) is 49.4 Å². The molecule has 272 valence electrons. The van der Waals surface area contributed by atoms with Crippen LogP contribution in [0.15, 0.2) is 188 Å². The fourth-order valence-electron chi connectivity index (χ4n) is 7.77. The monoisotopic (exact) mass is 742 g/mol. The summed E-state index contributed by atoms with van der Waals surface area (Å²) in [6.45, 7) is 2.12. The summed E-state index contributed by atoms with van der Waals surface area (Å²) in [5, 5.41) is 13.0. The number of benzene rings is 7. The minimum absolute atomic E-state index is 0.440. The molecule has 6 nitrogen and oxygen atoms in total. The summed E-state index contributed by atoms with van der Waals surface area (Å²) >= 11 is 0. The molecule has 0 atom stereocenters. The lowest BCUT2D eigenvalue weighted by atomic mass is 9.99. The number of nitrogens with zero attached hydrogens (tertiary/aromatic N) is 6. The Hall–Kier alpha value is -8.01. The standard InChI is InChI=1S/C52H34N6/c1-34-26-27-49-41(28-34)40-24-14-15-25-48(40)58(49)50-42(51-54-44(36-16-6-2-7-17-36)31-45(55-51)37-18-8-3-9-19-37)29-35(33-53)30-43(50)52-56-46(38-20-10-4-11-21-38)32-47(57-52)39-22-12-5-13-23-39/h2-32H,1H3. The molecule has 0 unspecified atom stereocenters. The minimum Gasteiger partial charge on any atom is -0.308 e. The number of fused-ring (bicyclic) bond motifs is 3. The van der Waals surface area contributed by atoms with Gasteiger partial charge in [0.05, 0.1) is 51.1 Å². The van der Waals surface area contributed by atoms with E-state index >= 15 is 0 Å². The van der Waals surface area contributed by atoms with E-state index in [0.29, 0.717) is 28.3 Å². The largest absolute Gasteiger partial charge is 0.308 e. The Morgan fingerprint density at radius 2 is 0.810 bits per heavy atom. The van der Waals surface area contributed by atoms with E-state index in [1.807, 2.05) is 97.1 Å². The third-order valence-electron chi connectivity index (χ3n) is 10.5. The number of hydrogen-bond donors (Lipinski definition) is 0. The number of aromatic nitrogens is 5. The van der Waals surface area contributed by atoms with E-state index in [9.17, 15) is 5.26 Å². The first-order chi connectivity index (χ1) is 28.6. The molecule has 0 saturated heterocycles. The van der Waals surface area contributed by atoms with Crippen molar-refractivity contribution in [3.63, 3.8) is 0 Å². The molecule has 0 N–H and O–H groups in total. The predicted octanol–water partition coefficient (Wildman–Crippen LogP) is 12.5. The smallest absolute Gasteiger partial charge is 0.162 e. The molecular formula is C52H34N6. The average molecular weight is 743 g/mol. The van der Waals surface area contributed by atoms with Crippen molar-refractivity contribution in [1.29, 1.82) is 5.26 Å². The first-order valence-corrected chi connectivity index (χ1v) is 19.2. The van der Waals surface area contributed by atoms with Crippen LogP contribution in [-0.2, 0) is 0 Å². The molecule has 3 aromatic heterocycles. The van der Waals surface area contributed by atoms with Crippen LogP contribution in [0.25, 0.3) is 95.3 Å². The summed E-state index contributed by atoms with van der Waals surface area (Å²) in [5.74, 6) is 0.961. The Kier molecular flexibility index (Phi) is 8.66. The molecule has 0 radical (unpaired) electrons. The molecule has 0 spiro atoms. The third kappa shape index (κ3) is 6.27. The highest BCUT2D eigenvalue weighted by Crippen LogP contribution is 2.42. The summed E-state index contributed by atoms with van der Waals surface area (Å²) in [6, 6.07) is 65.9. The quantitative estimate of drug-likeness (QED) is 0.162. The van der Waals surface area contributed by atoms with Gasteiger partial charge in [0.15, 0.2) is 11.6 Å². The molecule has 0 bridgehead atoms. The van der Waals surface area contributed by atoms with Crippen LogP contribution in [0, 0.1) is 18.3 Å². The molecular weight excluding hydrogens is 709 g/mol. The molecule has 0 aliphatic carbocycles. The maximum atomic E-state index is 10.8. The highest BCUT2D eigenvalue weighted by atomic mass is 15.0. The van der Waals surface area contributed by atoms with Crippen LogP contribution in [0.2, 0.25) is 0 Å². The lowest BCUT2D eigenvalue weighted by molar-refractivity contribution is 1.12. The van der Waals surface area contributed by atoms with Gasteiger partial charge >= 0.3 is 0 Å². The zero-order valence-electron chi connectivity index (χ0n) is 31.6. The summed E-state index contributed by atoms with van der Waals surface area (Å²) < 4.78 is 2.28. The van der Waals surface area contributed by atoms with Crippen molar-refractivity contribution < 1.29 is 0 Å². The Labute approximate surface area is 336 Å². The fourth-order valence-corrected chi connectivity index (χ4v) is 7.77. The van der Waals surface area contributed by atoms with Crippen molar-refractivity contribution >= 4 is 21.8 Å². The molecule has 3 heterocycles. The topological polar surface area (TPSA) is 80.3 Å². The molecule has 58 heavy (non-hydrogen) atoms. The van der Waals surface area contributed by atoms with Crippen LogP contribution in [0.3, 0.4) is 0 Å². The molecule has 10 rings (SSSR count). The zero-order valence-corrected chi connectivity index (χ0v) is 31.6. The van der Waals surface area contributed by atoms with E-state index in [-0.39, 0.29) is 0 Å². The lowest BCUT2D eigenvalue weighted by Gasteiger charge is -2.20. The first kappa shape index (κ1) is 34.5. The van der Waals surface area contributed by atoms with E-state index in [1.165, 1.54) is 0 Å². The number of aryl methyl sites for hydroxylation is 1. The van der Waals surface area contributed by atoms with Gasteiger partial charge in [0.2, 0.25) is 0 Å². The van der Waals surface area contributed by atoms with Gasteiger partial charge in [-0.2, -0.15) is 5.26 Å². The SMILES string of the molecule is Cc1ccc2c(c1)c1ccccc1n2-c1c(-c2nc(-c3ccccc3)cc(-c3ccccc3)n2)cc(C#N)cc1-c1nc(-c2ccccc2)cc(-c2ccccc2)n1. The average Bonchev–Trinajstić information content (AvgIpc) is 3.62. The van der Waals surface area contributed by atoms with Gasteiger partial charge in [0, 0.05) is 44.2 Å². The van der Waals surface area contributed by atoms with Gasteiger partial charge in [0.1, 0.15) is 0 Å². The Morgan fingerprint density at radius 1 is 0.414 bits per heavy atom. The van der Waals surface area contributed by atoms with Crippen LogP contribution < -0.4 is 0 Å². The summed E-state index contributed by atoms with van der Waals surface area (Å²) in [6.07, 6.45) is 0. The zero-order chi connectivity index (χ0) is 39.0. The van der Waals surface area contributed by atoms with Crippen molar-refractivity contribution in [2.75, 3.05) is 0 Å². The Balaban J connectivity index is 1.36. The highest BCUT2D eigenvalue weighted by molar-refractivity contribution is 6.10. The second-order valence-electron chi connectivity index (χ2n) is 14.3. The number of nitriles is 1. The number of para-hydroxylation sites is 1. The van der Waals surface area contributed by atoms with Crippen molar-refractivity contribution in [3.8, 4) is 79.6 Å². The maximum Gasteiger partial charge on any atom is 0.162 e. The minimum atomic E-state index is 0.440. The normalized spacial score (nSPS) is 11.2. The molecule has 0 amide bonds. The van der Waals surface area contributed by atoms with Crippen molar-refractivity contribution in [2.45, 2.75) is 6.92 Å². The fraction of sp³-hybridized carbons (Fsp3) is 0.0192. The molecule has 6 heteroatoms. The van der Waals surface area contributed by atoms with E-state index < -0.39 is 0 Å². The second kappa shape index (κ2) is 14.6. The number of rotatable bonds is 7. The van der Waals surface area contributed by atoms with Crippen LogP contribution in [-0.4, -0.2) is 24.5 Å². The van der Waals surface area contributed by atoms with Gasteiger partial charge in [-0.25, -0.2) is 19.9 Å². The second-order valence-corrected chi connectivity index (χ2v) is 14.3. The van der Waals surface area contributed by atoms with Gasteiger partial charge in [0.25, 0.3) is 0 Å². The van der Waals surface area contributed by atoms with Gasteiger partial charge in [-0.3, -0.25) is 0 Å². The van der Waals surface area contributed by atoms with Crippen LogP contribution >= 0.6 is 0 Å². The van der Waals surface area contributed by atoms with Crippen LogP contribution in [0.5, 0.6) is 0 Å². The molecule has 10 aromatic rings. The first-order valence-electron chi connectivity index (χ1n) is 19.2. The van der Waals surface area contributed by atoms with Gasteiger partial charge in [-0.15, -0.1) is 0 Å². The number of hydrogen-bond acceptors (Lipinski definition) is 5. The molecule has 0 saturated carbocycles. The summed E-state index contributed by atoms with van der Waals surface area (Å²) in [7, 11) is 0. The van der Waals surface area contributed by atoms with E-state index in [0.717, 1.165) is 78.1 Å². The van der Waals surface area contributed by atoms with Crippen molar-refractivity contribution in [3.05, 3.63) is 199 Å². The van der Waals surface area contributed by atoms with E-state index in [4.69, 9.17) is 19.9 Å². The third-order valence-corrected chi connectivity index (χ3v) is 10.5. The van der Waals surface area contributed by atoms with Crippen molar-refractivity contribution in [1.82, 2.24) is 24.5 Å². The van der Waals surface area contributed by atoms with Crippen LogP contribution in [0.1, 0.15) is 11.1 Å². The van der Waals surface area contributed by atoms with Gasteiger partial charge in [-0.1, -0.05) is 151 Å². The Morgan fingerprint density at radius 3 is 1.24 bits per heavy atom. The molecule has 0 fully saturated rings. The maximum absolute atomic E-state index is 10.8.